The van der Waals surface area contributed by atoms with Gasteiger partial charge in [-0.2, -0.15) is 0 Å². The zero-order valence-electron chi connectivity index (χ0n) is 15.5. The molecule has 0 fully saturated rings. The highest BCUT2D eigenvalue weighted by atomic mass is 19.4. The minimum atomic E-state index is -4.74. The summed E-state index contributed by atoms with van der Waals surface area (Å²) in [4.78, 5) is 4.20. The second-order valence-corrected chi connectivity index (χ2v) is 5.43. The molecule has 2 aromatic carbocycles. The number of rotatable bonds is 7. The topological polar surface area (TPSA) is 87.3 Å². The Morgan fingerprint density at radius 1 is 1.00 bits per heavy atom. The van der Waals surface area contributed by atoms with Crippen LogP contribution >= 0.6 is 0 Å². The lowest BCUT2D eigenvalue weighted by Gasteiger charge is -2.13. The van der Waals surface area contributed by atoms with Gasteiger partial charge in [-0.25, -0.2) is 4.99 Å². The summed E-state index contributed by atoms with van der Waals surface area (Å²) in [5.41, 5.74) is 7.05. The van der Waals surface area contributed by atoms with Gasteiger partial charge < -0.3 is 30.0 Å². The summed E-state index contributed by atoms with van der Waals surface area (Å²) in [6.45, 7) is 0.213. The molecule has 10 heteroatoms. The van der Waals surface area contributed by atoms with E-state index in [9.17, 15) is 13.2 Å². The fourth-order valence-electron chi connectivity index (χ4n) is 2.33. The highest BCUT2D eigenvalue weighted by Crippen LogP contribution is 2.38. The van der Waals surface area contributed by atoms with Gasteiger partial charge in [-0.05, 0) is 42.0 Å². The zero-order valence-corrected chi connectivity index (χ0v) is 15.5. The van der Waals surface area contributed by atoms with Gasteiger partial charge in [-0.1, -0.05) is 0 Å². The van der Waals surface area contributed by atoms with Gasteiger partial charge in [0.05, 0.1) is 27.9 Å². The highest BCUT2D eigenvalue weighted by Gasteiger charge is 2.30. The standard InChI is InChI=1S/C18H20F3N3O4/c1-25-14-8-11(9-15(26-2)16(14)27-3)10-23-17(22)24-12-4-6-13(7-5-12)28-18(19,20)21/h4-9H,10H2,1-3H3,(H3,22,23,24). The van der Waals surface area contributed by atoms with Crippen LogP contribution in [0, 0.1) is 0 Å². The first-order chi connectivity index (χ1) is 13.3. The van der Waals surface area contributed by atoms with E-state index in [4.69, 9.17) is 19.9 Å². The first kappa shape index (κ1) is 21.0. The SMILES string of the molecule is COc1cc(CN=C(N)Nc2ccc(OC(F)(F)F)cc2)cc(OC)c1OC. The molecule has 2 aromatic rings. The summed E-state index contributed by atoms with van der Waals surface area (Å²) < 4.78 is 56.1. The average Bonchev–Trinajstić information content (AvgIpc) is 2.65. The predicted molar refractivity (Wildman–Crippen MR) is 98.2 cm³/mol. The van der Waals surface area contributed by atoms with Crippen LogP contribution in [-0.4, -0.2) is 33.7 Å². The molecule has 0 heterocycles. The van der Waals surface area contributed by atoms with Crippen LogP contribution in [0.4, 0.5) is 18.9 Å². The first-order valence-corrected chi connectivity index (χ1v) is 7.97. The molecular weight excluding hydrogens is 379 g/mol. The Hall–Kier alpha value is -3.30. The van der Waals surface area contributed by atoms with Gasteiger partial charge in [-0.15, -0.1) is 13.2 Å². The van der Waals surface area contributed by atoms with Crippen LogP contribution in [0.15, 0.2) is 41.4 Å². The van der Waals surface area contributed by atoms with Gasteiger partial charge in [-0.3, -0.25) is 0 Å². The van der Waals surface area contributed by atoms with Gasteiger partial charge >= 0.3 is 6.36 Å². The molecule has 7 nitrogen and oxygen atoms in total. The fraction of sp³-hybridized carbons (Fsp3) is 0.278. The molecule has 0 bridgehead atoms. The van der Waals surface area contributed by atoms with Crippen molar-refractivity contribution in [3.8, 4) is 23.0 Å². The molecule has 28 heavy (non-hydrogen) atoms. The molecule has 0 saturated carbocycles. The van der Waals surface area contributed by atoms with Gasteiger partial charge in [0.25, 0.3) is 0 Å². The molecule has 0 aromatic heterocycles. The minimum Gasteiger partial charge on any atom is -0.493 e. The van der Waals surface area contributed by atoms with E-state index < -0.39 is 6.36 Å². The summed E-state index contributed by atoms with van der Waals surface area (Å²) in [6, 6.07) is 8.60. The van der Waals surface area contributed by atoms with Crippen LogP contribution in [0.2, 0.25) is 0 Å². The van der Waals surface area contributed by atoms with Crippen molar-refractivity contribution in [2.24, 2.45) is 10.7 Å². The Morgan fingerprint density at radius 2 is 1.57 bits per heavy atom. The van der Waals surface area contributed by atoms with Crippen molar-refractivity contribution in [3.05, 3.63) is 42.0 Å². The van der Waals surface area contributed by atoms with Crippen molar-refractivity contribution >= 4 is 11.6 Å². The van der Waals surface area contributed by atoms with Gasteiger partial charge in [0, 0.05) is 5.69 Å². The predicted octanol–water partition coefficient (Wildman–Crippen LogP) is 3.54. The fourth-order valence-corrected chi connectivity index (χ4v) is 2.33. The molecule has 0 aliphatic carbocycles. The Balaban J connectivity index is 2.06. The second-order valence-electron chi connectivity index (χ2n) is 5.43. The van der Waals surface area contributed by atoms with Crippen LogP contribution in [0.1, 0.15) is 5.56 Å². The molecular formula is C18H20F3N3O4. The number of nitrogens with one attached hydrogen (secondary N) is 1. The van der Waals surface area contributed by atoms with E-state index in [0.717, 1.165) is 5.56 Å². The quantitative estimate of drug-likeness (QED) is 0.547. The molecule has 0 saturated heterocycles. The van der Waals surface area contributed by atoms with E-state index in [2.05, 4.69) is 15.0 Å². The van der Waals surface area contributed by atoms with E-state index in [1.54, 1.807) is 12.1 Å². The molecule has 0 atom stereocenters. The van der Waals surface area contributed by atoms with E-state index in [1.807, 2.05) is 0 Å². The molecule has 2 rings (SSSR count). The Kier molecular flexibility index (Phi) is 6.80. The number of guanidine groups is 1. The van der Waals surface area contributed by atoms with Crippen molar-refractivity contribution in [1.82, 2.24) is 0 Å². The van der Waals surface area contributed by atoms with Crippen LogP contribution in [0.25, 0.3) is 0 Å². The largest absolute Gasteiger partial charge is 0.573 e. The van der Waals surface area contributed by atoms with Crippen LogP contribution in [-0.2, 0) is 6.54 Å². The third-order valence-electron chi connectivity index (χ3n) is 3.52. The molecule has 0 unspecified atom stereocenters. The maximum atomic E-state index is 12.2. The monoisotopic (exact) mass is 399 g/mol. The number of methoxy groups -OCH3 is 3. The van der Waals surface area contributed by atoms with E-state index >= 15 is 0 Å². The summed E-state index contributed by atoms with van der Waals surface area (Å²) in [6.07, 6.45) is -4.74. The highest BCUT2D eigenvalue weighted by molar-refractivity contribution is 5.92. The van der Waals surface area contributed by atoms with E-state index in [0.29, 0.717) is 22.9 Å². The summed E-state index contributed by atoms with van der Waals surface area (Å²) in [5, 5.41) is 2.79. The normalized spacial score (nSPS) is 11.7. The molecule has 0 spiro atoms. The summed E-state index contributed by atoms with van der Waals surface area (Å²) >= 11 is 0. The summed E-state index contributed by atoms with van der Waals surface area (Å²) in [7, 11) is 4.52. The van der Waals surface area contributed by atoms with Gasteiger partial charge in [0.1, 0.15) is 5.75 Å². The van der Waals surface area contributed by atoms with Crippen molar-refractivity contribution in [3.63, 3.8) is 0 Å². The minimum absolute atomic E-state index is 0.0817. The van der Waals surface area contributed by atoms with Gasteiger partial charge in [0.15, 0.2) is 17.5 Å². The summed E-state index contributed by atoms with van der Waals surface area (Å²) in [5.74, 6) is 1.19. The Bertz CT molecular complexity index is 799. The first-order valence-electron chi connectivity index (χ1n) is 7.97. The molecule has 152 valence electrons. The number of nitrogens with two attached hydrogens (primary N) is 1. The maximum absolute atomic E-state index is 12.2. The Morgan fingerprint density at radius 3 is 2.04 bits per heavy atom. The van der Waals surface area contributed by atoms with Crippen molar-refractivity contribution in [2.45, 2.75) is 12.9 Å². The van der Waals surface area contributed by atoms with Crippen molar-refractivity contribution < 1.29 is 32.1 Å². The maximum Gasteiger partial charge on any atom is 0.573 e. The Labute approximate surface area is 159 Å². The lowest BCUT2D eigenvalue weighted by atomic mass is 10.2. The number of benzene rings is 2. The van der Waals surface area contributed by atoms with Crippen molar-refractivity contribution in [1.29, 1.82) is 0 Å². The molecule has 0 aliphatic rings. The van der Waals surface area contributed by atoms with Crippen molar-refractivity contribution in [2.75, 3.05) is 26.6 Å². The number of ether oxygens (including phenoxy) is 4. The number of anilines is 1. The number of nitrogens with zero attached hydrogens (tertiary/aromatic N) is 1. The van der Waals surface area contributed by atoms with Crippen LogP contribution < -0.4 is 30.0 Å². The third-order valence-corrected chi connectivity index (χ3v) is 3.52. The van der Waals surface area contributed by atoms with E-state index in [-0.39, 0.29) is 18.3 Å². The smallest absolute Gasteiger partial charge is 0.493 e. The zero-order chi connectivity index (χ0) is 20.7. The molecule has 3 N–H and O–H groups in total. The molecule has 0 radical (unpaired) electrons. The van der Waals surface area contributed by atoms with Crippen LogP contribution in [0.3, 0.4) is 0 Å². The molecule has 0 amide bonds. The number of alkyl halides is 3. The van der Waals surface area contributed by atoms with E-state index in [1.165, 1.54) is 45.6 Å². The lowest BCUT2D eigenvalue weighted by Crippen LogP contribution is -2.22. The average molecular weight is 399 g/mol. The number of hydrogen-bond donors (Lipinski definition) is 2. The lowest BCUT2D eigenvalue weighted by molar-refractivity contribution is -0.274. The third kappa shape index (κ3) is 5.86. The number of aliphatic imine (C=N–C) groups is 1. The molecule has 0 aliphatic heterocycles. The van der Waals surface area contributed by atoms with Gasteiger partial charge in [0.2, 0.25) is 5.75 Å². The number of hydrogen-bond acceptors (Lipinski definition) is 5. The van der Waals surface area contributed by atoms with Crippen LogP contribution in [0.5, 0.6) is 23.0 Å². The second kappa shape index (κ2) is 9.07. The number of halogens is 3.